The fourth-order valence-electron chi connectivity index (χ4n) is 3.19. The Balaban J connectivity index is 1.85. The van der Waals surface area contributed by atoms with Gasteiger partial charge >= 0.3 is 0 Å². The van der Waals surface area contributed by atoms with Crippen molar-refractivity contribution in [2.45, 2.75) is 44.2 Å². The van der Waals surface area contributed by atoms with Crippen LogP contribution >= 0.6 is 11.8 Å². The number of amides is 2. The van der Waals surface area contributed by atoms with Crippen LogP contribution in [0.15, 0.2) is 0 Å². The fourth-order valence-corrected chi connectivity index (χ4v) is 3.56. The summed E-state index contributed by atoms with van der Waals surface area (Å²) < 4.78 is 0. The lowest BCUT2D eigenvalue weighted by atomic mass is 9.87. The number of piperazine rings is 1. The lowest BCUT2D eigenvalue weighted by molar-refractivity contribution is -0.158. The second kappa shape index (κ2) is 4.69. The third kappa shape index (κ3) is 2.16. The van der Waals surface area contributed by atoms with Crippen LogP contribution in [0.3, 0.4) is 0 Å². The first-order valence-corrected chi connectivity index (χ1v) is 8.59. The molecule has 1 heterocycles. The zero-order valence-electron chi connectivity index (χ0n) is 11.6. The summed E-state index contributed by atoms with van der Waals surface area (Å²) in [5.41, 5.74) is -0.599. The van der Waals surface area contributed by atoms with Gasteiger partial charge in [0.2, 0.25) is 11.8 Å². The minimum absolute atomic E-state index is 0.0765. The lowest BCUT2D eigenvalue weighted by Gasteiger charge is -2.47. The Morgan fingerprint density at radius 3 is 2.53 bits per heavy atom. The standard InChI is InChI=1S/C14H22N2O2S/c1-14(10-5-6-10)13(18)15-11(9-3-4-9)12(17)16(14)7-8-19-2/h9-11H,3-8H2,1-2H3,(H,15,18). The molecule has 2 amide bonds. The zero-order valence-corrected chi connectivity index (χ0v) is 12.5. The van der Waals surface area contributed by atoms with Gasteiger partial charge in [0.05, 0.1) is 0 Å². The highest BCUT2D eigenvalue weighted by Gasteiger charge is 2.58. The second-order valence-corrected chi connectivity index (χ2v) is 7.18. The molecular weight excluding hydrogens is 260 g/mol. The van der Waals surface area contributed by atoms with E-state index in [1.165, 1.54) is 0 Å². The Labute approximate surface area is 118 Å². The first-order valence-electron chi connectivity index (χ1n) is 7.20. The maximum absolute atomic E-state index is 12.7. The molecule has 0 spiro atoms. The molecule has 19 heavy (non-hydrogen) atoms. The minimum atomic E-state index is -0.599. The van der Waals surface area contributed by atoms with Gasteiger partial charge in [0.15, 0.2) is 0 Å². The SMILES string of the molecule is CSCCN1C(=O)C(C2CC2)NC(=O)C1(C)C1CC1. The van der Waals surface area contributed by atoms with Crippen molar-refractivity contribution < 1.29 is 9.59 Å². The van der Waals surface area contributed by atoms with Crippen LogP contribution in [-0.4, -0.2) is 46.8 Å². The van der Waals surface area contributed by atoms with Gasteiger partial charge in [-0.05, 0) is 50.7 Å². The number of carbonyl (C=O) groups excluding carboxylic acids is 2. The molecule has 1 saturated heterocycles. The quantitative estimate of drug-likeness (QED) is 0.826. The maximum Gasteiger partial charge on any atom is 0.246 e. The molecule has 0 radical (unpaired) electrons. The summed E-state index contributed by atoms with van der Waals surface area (Å²) >= 11 is 1.73. The molecule has 3 aliphatic rings. The fraction of sp³-hybridized carbons (Fsp3) is 0.857. The summed E-state index contributed by atoms with van der Waals surface area (Å²) in [5.74, 6) is 1.88. The smallest absolute Gasteiger partial charge is 0.246 e. The van der Waals surface area contributed by atoms with Gasteiger partial charge in [-0.1, -0.05) is 0 Å². The molecule has 0 bridgehead atoms. The van der Waals surface area contributed by atoms with Crippen LogP contribution in [0.5, 0.6) is 0 Å². The first kappa shape index (κ1) is 13.3. The molecule has 2 unspecified atom stereocenters. The molecule has 106 valence electrons. The largest absolute Gasteiger partial charge is 0.342 e. The number of carbonyl (C=O) groups is 2. The summed E-state index contributed by atoms with van der Waals surface area (Å²) in [5, 5.41) is 3.01. The second-order valence-electron chi connectivity index (χ2n) is 6.19. The topological polar surface area (TPSA) is 49.4 Å². The van der Waals surface area contributed by atoms with E-state index < -0.39 is 5.54 Å². The van der Waals surface area contributed by atoms with Crippen LogP contribution in [0.1, 0.15) is 32.6 Å². The van der Waals surface area contributed by atoms with E-state index in [4.69, 9.17) is 0 Å². The summed E-state index contributed by atoms with van der Waals surface area (Å²) in [7, 11) is 0. The van der Waals surface area contributed by atoms with Crippen LogP contribution in [0, 0.1) is 11.8 Å². The normalized spacial score (nSPS) is 35.5. The predicted molar refractivity (Wildman–Crippen MR) is 75.9 cm³/mol. The minimum Gasteiger partial charge on any atom is -0.342 e. The molecule has 2 atom stereocenters. The maximum atomic E-state index is 12.7. The van der Waals surface area contributed by atoms with Crippen molar-refractivity contribution in [2.24, 2.45) is 11.8 Å². The third-order valence-corrected chi connectivity index (χ3v) is 5.41. The number of nitrogens with zero attached hydrogens (tertiary/aromatic N) is 1. The van der Waals surface area contributed by atoms with E-state index in [-0.39, 0.29) is 17.9 Å². The molecule has 3 rings (SSSR count). The third-order valence-electron chi connectivity index (χ3n) is 4.82. The average molecular weight is 282 g/mol. The molecule has 0 aromatic carbocycles. The van der Waals surface area contributed by atoms with E-state index >= 15 is 0 Å². The first-order chi connectivity index (χ1) is 9.09. The van der Waals surface area contributed by atoms with Crippen molar-refractivity contribution in [1.82, 2.24) is 10.2 Å². The molecule has 0 aromatic rings. The number of rotatable bonds is 5. The highest BCUT2D eigenvalue weighted by atomic mass is 32.2. The average Bonchev–Trinajstić information content (AvgIpc) is 3.26. The summed E-state index contributed by atoms with van der Waals surface area (Å²) in [4.78, 5) is 27.1. The molecule has 5 heteroatoms. The van der Waals surface area contributed by atoms with E-state index in [0.717, 1.165) is 31.4 Å². The molecule has 1 aliphatic heterocycles. The van der Waals surface area contributed by atoms with Crippen molar-refractivity contribution >= 4 is 23.6 Å². The van der Waals surface area contributed by atoms with Crippen LogP contribution in [0.2, 0.25) is 0 Å². The van der Waals surface area contributed by atoms with E-state index in [2.05, 4.69) is 5.32 Å². The van der Waals surface area contributed by atoms with Crippen LogP contribution in [-0.2, 0) is 9.59 Å². The Kier molecular flexibility index (Phi) is 3.28. The van der Waals surface area contributed by atoms with Gasteiger partial charge in [-0.2, -0.15) is 11.8 Å². The van der Waals surface area contributed by atoms with E-state index in [9.17, 15) is 9.59 Å². The predicted octanol–water partition coefficient (Wildman–Crippen LogP) is 1.26. The molecule has 2 aliphatic carbocycles. The number of hydrogen-bond acceptors (Lipinski definition) is 3. The van der Waals surface area contributed by atoms with Crippen LogP contribution in [0.25, 0.3) is 0 Å². The molecule has 1 N–H and O–H groups in total. The Morgan fingerprint density at radius 1 is 1.32 bits per heavy atom. The number of hydrogen-bond donors (Lipinski definition) is 1. The summed E-state index contributed by atoms with van der Waals surface area (Å²) in [6.07, 6.45) is 6.34. The number of thioether (sulfide) groups is 1. The number of nitrogens with one attached hydrogen (secondary N) is 1. The Hall–Kier alpha value is -0.710. The Morgan fingerprint density at radius 2 is 2.00 bits per heavy atom. The van der Waals surface area contributed by atoms with Gasteiger partial charge in [0.1, 0.15) is 11.6 Å². The van der Waals surface area contributed by atoms with E-state index in [0.29, 0.717) is 18.4 Å². The van der Waals surface area contributed by atoms with Crippen molar-refractivity contribution in [2.75, 3.05) is 18.6 Å². The van der Waals surface area contributed by atoms with Crippen molar-refractivity contribution in [1.29, 1.82) is 0 Å². The molecule has 4 nitrogen and oxygen atoms in total. The highest BCUT2D eigenvalue weighted by Crippen LogP contribution is 2.46. The van der Waals surface area contributed by atoms with Crippen molar-refractivity contribution in [3.05, 3.63) is 0 Å². The molecule has 2 saturated carbocycles. The molecule has 0 aromatic heterocycles. The molecule has 3 fully saturated rings. The summed E-state index contributed by atoms with van der Waals surface area (Å²) in [6, 6.07) is -0.249. The zero-order chi connectivity index (χ0) is 13.6. The highest BCUT2D eigenvalue weighted by molar-refractivity contribution is 7.98. The van der Waals surface area contributed by atoms with Gasteiger partial charge in [0.25, 0.3) is 0 Å². The molecular formula is C14H22N2O2S. The lowest BCUT2D eigenvalue weighted by Crippen LogP contribution is -2.71. The van der Waals surface area contributed by atoms with Gasteiger partial charge in [-0.15, -0.1) is 0 Å². The van der Waals surface area contributed by atoms with Crippen molar-refractivity contribution in [3.63, 3.8) is 0 Å². The van der Waals surface area contributed by atoms with Gasteiger partial charge in [-0.3, -0.25) is 9.59 Å². The van der Waals surface area contributed by atoms with Crippen LogP contribution < -0.4 is 5.32 Å². The summed E-state index contributed by atoms with van der Waals surface area (Å²) in [6.45, 7) is 2.66. The van der Waals surface area contributed by atoms with Gasteiger partial charge < -0.3 is 10.2 Å². The van der Waals surface area contributed by atoms with Crippen molar-refractivity contribution in [3.8, 4) is 0 Å². The van der Waals surface area contributed by atoms with E-state index in [1.54, 1.807) is 11.8 Å². The monoisotopic (exact) mass is 282 g/mol. The van der Waals surface area contributed by atoms with E-state index in [1.807, 2.05) is 18.1 Å². The van der Waals surface area contributed by atoms with Crippen LogP contribution in [0.4, 0.5) is 0 Å². The van der Waals surface area contributed by atoms with Gasteiger partial charge in [0, 0.05) is 12.3 Å². The van der Waals surface area contributed by atoms with Gasteiger partial charge in [-0.25, -0.2) is 0 Å². The Bertz CT molecular complexity index is 406.